The number of carbonyl (C=O) groups is 1. The zero-order valence-electron chi connectivity index (χ0n) is 13.7. The van der Waals surface area contributed by atoms with E-state index < -0.39 is 27.8 Å². The highest BCUT2D eigenvalue weighted by Crippen LogP contribution is 2.37. The van der Waals surface area contributed by atoms with Gasteiger partial charge in [0, 0.05) is 45.0 Å². The van der Waals surface area contributed by atoms with Crippen LogP contribution in [0.3, 0.4) is 0 Å². The molecule has 0 bridgehead atoms. The Hall–Kier alpha value is -2.13. The van der Waals surface area contributed by atoms with Crippen molar-refractivity contribution < 1.29 is 18.3 Å². The Bertz CT molecular complexity index is 883. The lowest BCUT2D eigenvalue weighted by Crippen LogP contribution is -2.31. The minimum Gasteiger partial charge on any atom is -0.481 e. The van der Waals surface area contributed by atoms with Crippen LogP contribution in [0.15, 0.2) is 29.6 Å². The number of aromatic nitrogens is 3. The number of hydrogen-bond donors (Lipinski definition) is 1. The normalized spacial score (nSPS) is 22.1. The quantitative estimate of drug-likeness (QED) is 0.867. The van der Waals surface area contributed by atoms with Gasteiger partial charge in [-0.25, -0.2) is 8.42 Å². The predicted octanol–water partition coefficient (Wildman–Crippen LogP) is 0.556. The molecule has 1 saturated heterocycles. The first-order valence-electron chi connectivity index (χ1n) is 7.56. The summed E-state index contributed by atoms with van der Waals surface area (Å²) in [5.41, 5.74) is 1.64. The molecular weight excluding hydrogens is 332 g/mol. The van der Waals surface area contributed by atoms with Crippen molar-refractivity contribution in [2.24, 2.45) is 20.0 Å². The van der Waals surface area contributed by atoms with Crippen molar-refractivity contribution in [3.63, 3.8) is 0 Å². The van der Waals surface area contributed by atoms with E-state index in [0.29, 0.717) is 0 Å². The third kappa shape index (κ3) is 2.53. The molecule has 1 aliphatic heterocycles. The van der Waals surface area contributed by atoms with Crippen molar-refractivity contribution in [2.75, 3.05) is 13.1 Å². The lowest BCUT2D eigenvalue weighted by molar-refractivity contribution is -0.141. The summed E-state index contributed by atoms with van der Waals surface area (Å²) in [4.78, 5) is 11.7. The fraction of sp³-hybridized carbons (Fsp3) is 0.467. The molecule has 2 atom stereocenters. The number of carboxylic acids is 1. The van der Waals surface area contributed by atoms with Gasteiger partial charge in [-0.1, -0.05) is 0 Å². The van der Waals surface area contributed by atoms with Crippen LogP contribution in [-0.4, -0.2) is 51.2 Å². The Morgan fingerprint density at radius 2 is 2.04 bits per heavy atom. The second-order valence-electron chi connectivity index (χ2n) is 6.14. The Morgan fingerprint density at radius 1 is 1.33 bits per heavy atom. The minimum atomic E-state index is -3.73. The molecular formula is C15H20N4O4S. The van der Waals surface area contributed by atoms with Gasteiger partial charge in [-0.15, -0.1) is 0 Å². The van der Waals surface area contributed by atoms with Gasteiger partial charge in [-0.3, -0.25) is 9.48 Å². The van der Waals surface area contributed by atoms with Gasteiger partial charge in [0.25, 0.3) is 10.0 Å². The highest BCUT2D eigenvalue weighted by molar-refractivity contribution is 7.89. The average molecular weight is 352 g/mol. The summed E-state index contributed by atoms with van der Waals surface area (Å²) in [5.74, 6) is -2.19. The highest BCUT2D eigenvalue weighted by Gasteiger charge is 2.45. The van der Waals surface area contributed by atoms with Crippen LogP contribution in [0.2, 0.25) is 0 Å². The molecule has 24 heavy (non-hydrogen) atoms. The molecule has 8 nitrogen and oxygen atoms in total. The lowest BCUT2D eigenvalue weighted by Gasteiger charge is -2.16. The van der Waals surface area contributed by atoms with Gasteiger partial charge in [-0.05, 0) is 24.6 Å². The number of rotatable bonds is 4. The fourth-order valence-corrected chi connectivity index (χ4v) is 4.91. The van der Waals surface area contributed by atoms with E-state index in [9.17, 15) is 18.3 Å². The van der Waals surface area contributed by atoms with Crippen molar-refractivity contribution in [1.82, 2.24) is 18.7 Å². The van der Waals surface area contributed by atoms with Gasteiger partial charge in [0.1, 0.15) is 5.03 Å². The van der Waals surface area contributed by atoms with Crippen LogP contribution in [0.1, 0.15) is 17.2 Å². The molecule has 0 spiro atoms. The maximum absolute atomic E-state index is 12.8. The van der Waals surface area contributed by atoms with Crippen LogP contribution in [0, 0.1) is 12.8 Å². The zero-order chi connectivity index (χ0) is 17.6. The molecule has 0 unspecified atom stereocenters. The van der Waals surface area contributed by atoms with E-state index in [2.05, 4.69) is 5.10 Å². The van der Waals surface area contributed by atoms with Crippen LogP contribution >= 0.6 is 0 Å². The number of hydrogen-bond acceptors (Lipinski definition) is 4. The first-order valence-corrected chi connectivity index (χ1v) is 9.00. The van der Waals surface area contributed by atoms with Gasteiger partial charge >= 0.3 is 5.97 Å². The van der Waals surface area contributed by atoms with Crippen molar-refractivity contribution in [1.29, 1.82) is 0 Å². The minimum absolute atomic E-state index is 0.0398. The summed E-state index contributed by atoms with van der Waals surface area (Å²) in [7, 11) is -0.301. The fourth-order valence-electron chi connectivity index (χ4n) is 3.25. The maximum Gasteiger partial charge on any atom is 0.308 e. The predicted molar refractivity (Wildman–Crippen MR) is 86.0 cm³/mol. The molecule has 1 aliphatic rings. The van der Waals surface area contributed by atoms with E-state index in [1.54, 1.807) is 37.2 Å². The van der Waals surface area contributed by atoms with Crippen LogP contribution < -0.4 is 0 Å². The summed E-state index contributed by atoms with van der Waals surface area (Å²) in [5, 5.41) is 13.9. The Labute approximate surface area is 140 Å². The number of nitrogens with zero attached hydrogens (tertiary/aromatic N) is 4. The molecule has 2 aromatic rings. The van der Waals surface area contributed by atoms with Gasteiger partial charge in [0.15, 0.2) is 0 Å². The lowest BCUT2D eigenvalue weighted by atomic mass is 9.89. The van der Waals surface area contributed by atoms with Crippen molar-refractivity contribution >= 4 is 16.0 Å². The van der Waals surface area contributed by atoms with E-state index >= 15 is 0 Å². The monoisotopic (exact) mass is 352 g/mol. The number of aliphatic carboxylic acids is 1. The SMILES string of the molecule is Cc1c([C@H]2CN(S(=O)(=O)c3cccn3C)C[C@@H]2C(=O)O)cnn1C. The van der Waals surface area contributed by atoms with Gasteiger partial charge < -0.3 is 9.67 Å². The Kier molecular flexibility index (Phi) is 4.00. The molecule has 9 heteroatoms. The number of carboxylic acid groups (broad SMARTS) is 1. The largest absolute Gasteiger partial charge is 0.481 e. The molecule has 0 radical (unpaired) electrons. The van der Waals surface area contributed by atoms with Crippen LogP contribution in [0.25, 0.3) is 0 Å². The molecule has 3 heterocycles. The van der Waals surface area contributed by atoms with Crippen molar-refractivity contribution in [2.45, 2.75) is 17.9 Å². The zero-order valence-corrected chi connectivity index (χ0v) is 14.6. The summed E-state index contributed by atoms with van der Waals surface area (Å²) in [6.07, 6.45) is 3.29. The molecule has 0 aromatic carbocycles. The molecule has 2 aromatic heterocycles. The van der Waals surface area contributed by atoms with E-state index in [4.69, 9.17) is 0 Å². The first-order chi connectivity index (χ1) is 11.2. The topological polar surface area (TPSA) is 97.4 Å². The summed E-state index contributed by atoms with van der Waals surface area (Å²) >= 11 is 0. The average Bonchev–Trinajstić information content (AvgIpc) is 3.20. The standard InChI is InChI=1S/C15H20N4O4S/c1-10-11(7-16-18(10)3)12-8-19(9-13(12)15(20)21)24(22,23)14-5-4-6-17(14)2/h4-7,12-13H,8-9H2,1-3H3,(H,20,21)/t12-,13+/m1/s1. The molecule has 1 fully saturated rings. The van der Waals surface area contributed by atoms with E-state index in [1.165, 1.54) is 14.9 Å². The molecule has 130 valence electrons. The summed E-state index contributed by atoms with van der Waals surface area (Å²) in [6, 6.07) is 3.17. The number of sulfonamides is 1. The number of aryl methyl sites for hydroxylation is 2. The van der Waals surface area contributed by atoms with Crippen molar-refractivity contribution in [3.8, 4) is 0 Å². The second-order valence-corrected chi connectivity index (χ2v) is 8.02. The van der Waals surface area contributed by atoms with E-state index in [1.807, 2.05) is 6.92 Å². The van der Waals surface area contributed by atoms with Gasteiger partial charge in [0.2, 0.25) is 0 Å². The van der Waals surface area contributed by atoms with Crippen LogP contribution in [-0.2, 0) is 28.9 Å². The third-order valence-corrected chi connectivity index (χ3v) is 6.71. The Balaban J connectivity index is 1.98. The van der Waals surface area contributed by atoms with Crippen LogP contribution in [0.4, 0.5) is 0 Å². The van der Waals surface area contributed by atoms with Gasteiger partial charge in [-0.2, -0.15) is 9.40 Å². The highest BCUT2D eigenvalue weighted by atomic mass is 32.2. The smallest absolute Gasteiger partial charge is 0.308 e. The maximum atomic E-state index is 12.8. The van der Waals surface area contributed by atoms with E-state index in [0.717, 1.165) is 11.3 Å². The summed E-state index contributed by atoms with van der Waals surface area (Å²) < 4.78 is 30.1. The molecule has 0 amide bonds. The Morgan fingerprint density at radius 3 is 2.54 bits per heavy atom. The third-order valence-electron chi connectivity index (χ3n) is 4.78. The molecule has 3 rings (SSSR count). The summed E-state index contributed by atoms with van der Waals surface area (Å²) in [6.45, 7) is 1.95. The molecule has 1 N–H and O–H groups in total. The first kappa shape index (κ1) is 16.7. The van der Waals surface area contributed by atoms with E-state index in [-0.39, 0.29) is 18.1 Å². The van der Waals surface area contributed by atoms with Gasteiger partial charge in [0.05, 0.1) is 12.1 Å². The molecule has 0 aliphatic carbocycles. The van der Waals surface area contributed by atoms with Crippen molar-refractivity contribution in [3.05, 3.63) is 35.8 Å². The molecule has 0 saturated carbocycles. The second kappa shape index (κ2) is 5.75. The van der Waals surface area contributed by atoms with Crippen LogP contribution in [0.5, 0.6) is 0 Å².